The molecule has 2 aromatic rings. The molecular weight excluding hydrogens is 297 g/mol. The van der Waals surface area contributed by atoms with Gasteiger partial charge in [-0.15, -0.1) is 0 Å². The Morgan fingerprint density at radius 2 is 2.10 bits per heavy atom. The fraction of sp³-hybridized carbons (Fsp3) is 0.333. The molecule has 0 fully saturated rings. The van der Waals surface area contributed by atoms with Gasteiger partial charge in [-0.05, 0) is 37.2 Å². The van der Waals surface area contributed by atoms with E-state index in [-0.39, 0.29) is 0 Å². The first-order valence-corrected chi connectivity index (χ1v) is 7.30. The molecule has 5 heteroatoms. The third-order valence-corrected chi connectivity index (χ3v) is 3.36. The lowest BCUT2D eigenvalue weighted by Crippen LogP contribution is -2.14. The predicted octanol–water partition coefficient (Wildman–Crippen LogP) is 4.67. The Bertz CT molecular complexity index is 555. The molecule has 1 N–H and O–H groups in total. The third kappa shape index (κ3) is 4.17. The summed E-state index contributed by atoms with van der Waals surface area (Å²) in [5.41, 5.74) is 1.10. The Hall–Kier alpha value is -1.16. The zero-order valence-electron chi connectivity index (χ0n) is 11.3. The van der Waals surface area contributed by atoms with Crippen molar-refractivity contribution in [1.82, 2.24) is 5.32 Å². The van der Waals surface area contributed by atoms with E-state index in [2.05, 4.69) is 12.2 Å². The number of ether oxygens (including phenoxy) is 1. The molecule has 1 aromatic carbocycles. The maximum Gasteiger partial charge on any atom is 0.146 e. The van der Waals surface area contributed by atoms with Crippen LogP contribution in [0.1, 0.15) is 24.7 Å². The number of rotatable bonds is 7. The van der Waals surface area contributed by atoms with E-state index in [4.69, 9.17) is 32.4 Å². The van der Waals surface area contributed by atoms with E-state index in [1.165, 1.54) is 0 Å². The van der Waals surface area contributed by atoms with Gasteiger partial charge in [0.05, 0.1) is 11.3 Å². The topological polar surface area (TPSA) is 34.4 Å². The molecule has 2 rings (SSSR count). The average Bonchev–Trinajstić information content (AvgIpc) is 2.86. The summed E-state index contributed by atoms with van der Waals surface area (Å²) in [5, 5.41) is 4.42. The quantitative estimate of drug-likeness (QED) is 0.755. The number of hydrogen-bond acceptors (Lipinski definition) is 3. The molecule has 0 aliphatic rings. The molecule has 0 saturated heterocycles. The van der Waals surface area contributed by atoms with E-state index in [0.29, 0.717) is 22.4 Å². The van der Waals surface area contributed by atoms with Crippen molar-refractivity contribution in [3.63, 3.8) is 0 Å². The summed E-state index contributed by atoms with van der Waals surface area (Å²) in [6, 6.07) is 7.10. The highest BCUT2D eigenvalue weighted by atomic mass is 35.5. The van der Waals surface area contributed by atoms with Crippen LogP contribution in [0, 0.1) is 0 Å². The molecule has 3 nitrogen and oxygen atoms in total. The van der Waals surface area contributed by atoms with Crippen LogP contribution in [-0.2, 0) is 13.2 Å². The van der Waals surface area contributed by atoms with Crippen molar-refractivity contribution in [2.24, 2.45) is 0 Å². The third-order valence-electron chi connectivity index (χ3n) is 2.83. The van der Waals surface area contributed by atoms with Crippen LogP contribution in [0.4, 0.5) is 0 Å². The molecule has 1 aromatic heterocycles. The molecule has 20 heavy (non-hydrogen) atoms. The van der Waals surface area contributed by atoms with Crippen molar-refractivity contribution in [1.29, 1.82) is 0 Å². The molecule has 0 bridgehead atoms. The van der Waals surface area contributed by atoms with Gasteiger partial charge in [0.1, 0.15) is 18.1 Å². The lowest BCUT2D eigenvalue weighted by atomic mass is 10.2. The summed E-state index contributed by atoms with van der Waals surface area (Å²) in [4.78, 5) is 0. The van der Waals surface area contributed by atoms with E-state index in [1.807, 2.05) is 6.07 Å². The highest BCUT2D eigenvalue weighted by Crippen LogP contribution is 2.28. The molecule has 0 unspecified atom stereocenters. The van der Waals surface area contributed by atoms with Crippen molar-refractivity contribution >= 4 is 23.2 Å². The van der Waals surface area contributed by atoms with Crippen LogP contribution in [0.2, 0.25) is 10.0 Å². The zero-order valence-corrected chi connectivity index (χ0v) is 12.8. The van der Waals surface area contributed by atoms with Gasteiger partial charge in [0.15, 0.2) is 0 Å². The predicted molar refractivity (Wildman–Crippen MR) is 81.5 cm³/mol. The summed E-state index contributed by atoms with van der Waals surface area (Å²) < 4.78 is 11.1. The van der Waals surface area contributed by atoms with E-state index in [9.17, 15) is 0 Å². The van der Waals surface area contributed by atoms with Crippen LogP contribution in [0.15, 0.2) is 34.9 Å². The fourth-order valence-electron chi connectivity index (χ4n) is 1.79. The molecule has 0 spiro atoms. The second-order valence-corrected chi connectivity index (χ2v) is 5.25. The zero-order chi connectivity index (χ0) is 14.4. The van der Waals surface area contributed by atoms with Crippen LogP contribution in [0.3, 0.4) is 0 Å². The van der Waals surface area contributed by atoms with E-state index in [0.717, 1.165) is 30.8 Å². The summed E-state index contributed by atoms with van der Waals surface area (Å²) in [7, 11) is 0. The highest BCUT2D eigenvalue weighted by molar-refractivity contribution is 6.35. The average molecular weight is 314 g/mol. The summed E-state index contributed by atoms with van der Waals surface area (Å²) in [5.74, 6) is 1.40. The van der Waals surface area contributed by atoms with Crippen molar-refractivity contribution in [2.75, 3.05) is 6.54 Å². The van der Waals surface area contributed by atoms with Crippen LogP contribution in [0.25, 0.3) is 0 Å². The Balaban J connectivity index is 1.95. The standard InChI is InChI=1S/C15H17Cl2NO2/c1-2-6-18-9-11-5-7-19-15(11)10-20-14-4-3-12(16)8-13(14)17/h3-5,7-8,18H,2,6,9-10H2,1H3. The first-order valence-electron chi connectivity index (χ1n) is 6.54. The Kier molecular flexibility index (Phi) is 5.77. The summed E-state index contributed by atoms with van der Waals surface area (Å²) >= 11 is 11.9. The van der Waals surface area contributed by atoms with Crippen molar-refractivity contribution in [3.05, 3.63) is 51.9 Å². The van der Waals surface area contributed by atoms with Gasteiger partial charge in [-0.25, -0.2) is 0 Å². The van der Waals surface area contributed by atoms with Crippen molar-refractivity contribution < 1.29 is 9.15 Å². The molecule has 1 heterocycles. The minimum Gasteiger partial charge on any atom is -0.484 e. The lowest BCUT2D eigenvalue weighted by Gasteiger charge is -2.08. The molecule has 0 aliphatic carbocycles. The summed E-state index contributed by atoms with van der Waals surface area (Å²) in [6.45, 7) is 4.23. The van der Waals surface area contributed by atoms with Gasteiger partial charge in [0.2, 0.25) is 0 Å². The molecular formula is C15H17Cl2NO2. The van der Waals surface area contributed by atoms with Gasteiger partial charge in [-0.3, -0.25) is 0 Å². The van der Waals surface area contributed by atoms with Gasteiger partial charge in [-0.1, -0.05) is 30.1 Å². The van der Waals surface area contributed by atoms with Gasteiger partial charge in [0, 0.05) is 17.1 Å². The smallest absolute Gasteiger partial charge is 0.146 e. The molecule has 0 radical (unpaired) electrons. The van der Waals surface area contributed by atoms with Crippen molar-refractivity contribution in [3.8, 4) is 5.75 Å². The molecule has 0 saturated carbocycles. The number of halogens is 2. The van der Waals surface area contributed by atoms with Crippen LogP contribution in [-0.4, -0.2) is 6.54 Å². The lowest BCUT2D eigenvalue weighted by molar-refractivity contribution is 0.268. The van der Waals surface area contributed by atoms with Crippen LogP contribution >= 0.6 is 23.2 Å². The molecule has 0 atom stereocenters. The minimum atomic E-state index is 0.345. The maximum absolute atomic E-state index is 6.06. The van der Waals surface area contributed by atoms with Gasteiger partial charge in [-0.2, -0.15) is 0 Å². The van der Waals surface area contributed by atoms with Crippen LogP contribution in [0.5, 0.6) is 5.75 Å². The molecule has 108 valence electrons. The van der Waals surface area contributed by atoms with E-state index in [1.54, 1.807) is 24.5 Å². The fourth-order valence-corrected chi connectivity index (χ4v) is 2.25. The van der Waals surface area contributed by atoms with Crippen molar-refractivity contribution in [2.45, 2.75) is 26.5 Å². The molecule has 0 aliphatic heterocycles. The first-order chi connectivity index (χ1) is 9.70. The van der Waals surface area contributed by atoms with Gasteiger partial charge in [0.25, 0.3) is 0 Å². The summed E-state index contributed by atoms with van der Waals surface area (Å²) in [6.07, 6.45) is 2.77. The number of hydrogen-bond donors (Lipinski definition) is 1. The maximum atomic E-state index is 6.06. The Labute approximate surface area is 128 Å². The second-order valence-electron chi connectivity index (χ2n) is 4.41. The van der Waals surface area contributed by atoms with E-state index >= 15 is 0 Å². The van der Waals surface area contributed by atoms with Gasteiger partial charge < -0.3 is 14.5 Å². The number of benzene rings is 1. The van der Waals surface area contributed by atoms with Crippen LogP contribution < -0.4 is 10.1 Å². The minimum absolute atomic E-state index is 0.345. The number of furan rings is 1. The SMILES string of the molecule is CCCNCc1ccoc1COc1ccc(Cl)cc1Cl. The Morgan fingerprint density at radius 1 is 1.25 bits per heavy atom. The van der Waals surface area contributed by atoms with E-state index < -0.39 is 0 Å². The van der Waals surface area contributed by atoms with Gasteiger partial charge >= 0.3 is 0 Å². The first kappa shape index (κ1) is 15.2. The Morgan fingerprint density at radius 3 is 2.85 bits per heavy atom. The molecule has 0 amide bonds. The second kappa shape index (κ2) is 7.58. The monoisotopic (exact) mass is 313 g/mol. The highest BCUT2D eigenvalue weighted by Gasteiger charge is 2.08. The largest absolute Gasteiger partial charge is 0.484 e. The normalized spacial score (nSPS) is 10.8. The number of nitrogens with one attached hydrogen (secondary N) is 1.